The van der Waals surface area contributed by atoms with Gasteiger partial charge >= 0.3 is 6.18 Å². The number of ether oxygens (including phenoxy) is 1. The quantitative estimate of drug-likeness (QED) is 0.399. The highest BCUT2D eigenvalue weighted by molar-refractivity contribution is 14.0. The smallest absolute Gasteiger partial charge is 0.422 e. The summed E-state index contributed by atoms with van der Waals surface area (Å²) in [6, 6.07) is 6.69. The summed E-state index contributed by atoms with van der Waals surface area (Å²) >= 11 is 0. The topological polar surface area (TPSA) is 45.7 Å². The molecule has 0 spiro atoms. The van der Waals surface area contributed by atoms with E-state index in [4.69, 9.17) is 0 Å². The molecule has 0 aliphatic rings. The van der Waals surface area contributed by atoms with E-state index in [0.717, 1.165) is 12.1 Å². The summed E-state index contributed by atoms with van der Waals surface area (Å²) in [5.74, 6) is 0.896. The van der Waals surface area contributed by atoms with Gasteiger partial charge in [-0.1, -0.05) is 12.1 Å². The summed E-state index contributed by atoms with van der Waals surface area (Å²) in [5.41, 5.74) is 0.889. The van der Waals surface area contributed by atoms with Gasteiger partial charge in [0.15, 0.2) is 12.6 Å². The lowest BCUT2D eigenvalue weighted by Crippen LogP contribution is -2.40. The van der Waals surface area contributed by atoms with Crippen molar-refractivity contribution in [3.05, 3.63) is 29.8 Å². The second kappa shape index (κ2) is 10.6. The molecule has 1 aromatic carbocycles. The first kappa shape index (κ1) is 21.8. The van der Waals surface area contributed by atoms with Gasteiger partial charge in [-0.25, -0.2) is 4.99 Å². The van der Waals surface area contributed by atoms with Gasteiger partial charge in [-0.2, -0.15) is 13.2 Å². The van der Waals surface area contributed by atoms with Crippen LogP contribution in [0.3, 0.4) is 0 Å². The first-order chi connectivity index (χ1) is 10.3. The van der Waals surface area contributed by atoms with Gasteiger partial charge in [-0.3, -0.25) is 0 Å². The fraction of sp³-hybridized carbons (Fsp3) is 0.533. The van der Waals surface area contributed by atoms with Crippen molar-refractivity contribution in [2.45, 2.75) is 39.5 Å². The van der Waals surface area contributed by atoms with Gasteiger partial charge in [0.05, 0.1) is 6.54 Å². The van der Waals surface area contributed by atoms with Crippen molar-refractivity contribution in [2.24, 2.45) is 4.99 Å². The third kappa shape index (κ3) is 10.2. The Morgan fingerprint density at radius 3 is 2.30 bits per heavy atom. The molecular formula is C15H23F3IN3O. The summed E-state index contributed by atoms with van der Waals surface area (Å²) in [5, 5.41) is 6.31. The largest absolute Gasteiger partial charge is 0.484 e. The lowest BCUT2D eigenvalue weighted by Gasteiger charge is -2.14. The molecule has 23 heavy (non-hydrogen) atoms. The van der Waals surface area contributed by atoms with Crippen LogP contribution < -0.4 is 15.4 Å². The molecule has 0 fully saturated rings. The van der Waals surface area contributed by atoms with Gasteiger partial charge in [0.25, 0.3) is 0 Å². The zero-order valence-electron chi connectivity index (χ0n) is 13.4. The Morgan fingerprint density at radius 1 is 1.22 bits per heavy atom. The number of guanidine groups is 1. The Hall–Kier alpha value is -1.19. The van der Waals surface area contributed by atoms with Gasteiger partial charge in [0.2, 0.25) is 0 Å². The first-order valence-electron chi connectivity index (χ1n) is 7.13. The second-order valence-electron chi connectivity index (χ2n) is 5.04. The predicted octanol–water partition coefficient (Wildman–Crippen LogP) is 3.71. The maximum absolute atomic E-state index is 12.1. The molecule has 0 aliphatic heterocycles. The second-order valence-corrected chi connectivity index (χ2v) is 5.04. The zero-order chi connectivity index (χ0) is 16.6. The first-order valence-corrected chi connectivity index (χ1v) is 7.13. The molecule has 0 aromatic heterocycles. The minimum atomic E-state index is -4.33. The number of nitrogens with one attached hydrogen (secondary N) is 2. The molecule has 1 rings (SSSR count). The van der Waals surface area contributed by atoms with E-state index in [0.29, 0.717) is 12.5 Å². The molecule has 0 saturated heterocycles. The minimum absolute atomic E-state index is 0. The fourth-order valence-corrected chi connectivity index (χ4v) is 1.62. The van der Waals surface area contributed by atoms with Crippen LogP contribution in [0.2, 0.25) is 0 Å². The van der Waals surface area contributed by atoms with Crippen LogP contribution in [0.5, 0.6) is 5.75 Å². The number of nitrogens with zero attached hydrogens (tertiary/aromatic N) is 1. The van der Waals surface area contributed by atoms with E-state index in [1.165, 1.54) is 12.1 Å². The number of alkyl halides is 3. The van der Waals surface area contributed by atoms with Gasteiger partial charge in [0, 0.05) is 12.6 Å². The van der Waals surface area contributed by atoms with E-state index in [9.17, 15) is 13.2 Å². The standard InChI is InChI=1S/C15H22F3N3O.HI/c1-4-19-14(21-11(2)3)20-9-12-5-7-13(8-6-12)22-10-15(16,17)18;/h5-8,11H,4,9-10H2,1-3H3,(H2,19,20,21);1H. The van der Waals surface area contributed by atoms with Crippen molar-refractivity contribution in [3.63, 3.8) is 0 Å². The molecular weight excluding hydrogens is 422 g/mol. The Morgan fingerprint density at radius 2 is 1.83 bits per heavy atom. The SMILES string of the molecule is CCNC(=NCc1ccc(OCC(F)(F)F)cc1)NC(C)C.I. The third-order valence-electron chi connectivity index (χ3n) is 2.52. The molecule has 0 atom stereocenters. The van der Waals surface area contributed by atoms with E-state index in [1.54, 1.807) is 12.1 Å². The zero-order valence-corrected chi connectivity index (χ0v) is 15.7. The number of aliphatic imine (C=N–C) groups is 1. The van der Waals surface area contributed by atoms with E-state index < -0.39 is 12.8 Å². The number of rotatable bonds is 6. The van der Waals surface area contributed by atoms with Crippen LogP contribution >= 0.6 is 24.0 Å². The Bertz CT molecular complexity index is 476. The summed E-state index contributed by atoms with van der Waals surface area (Å²) in [7, 11) is 0. The number of hydrogen-bond acceptors (Lipinski definition) is 2. The average Bonchev–Trinajstić information content (AvgIpc) is 2.42. The van der Waals surface area contributed by atoms with Crippen LogP contribution in [0, 0.1) is 0 Å². The van der Waals surface area contributed by atoms with Crippen molar-refractivity contribution >= 4 is 29.9 Å². The highest BCUT2D eigenvalue weighted by Crippen LogP contribution is 2.19. The van der Waals surface area contributed by atoms with Gasteiger partial charge < -0.3 is 15.4 Å². The highest BCUT2D eigenvalue weighted by Gasteiger charge is 2.28. The molecule has 0 radical (unpaired) electrons. The van der Waals surface area contributed by atoms with E-state index in [1.807, 2.05) is 20.8 Å². The van der Waals surface area contributed by atoms with Crippen LogP contribution in [0.4, 0.5) is 13.2 Å². The molecule has 1 aromatic rings. The maximum Gasteiger partial charge on any atom is 0.422 e. The van der Waals surface area contributed by atoms with Crippen LogP contribution in [0.1, 0.15) is 26.3 Å². The van der Waals surface area contributed by atoms with Crippen molar-refractivity contribution < 1.29 is 17.9 Å². The Kier molecular flexibility index (Phi) is 10.0. The van der Waals surface area contributed by atoms with Crippen LogP contribution in [0.25, 0.3) is 0 Å². The lowest BCUT2D eigenvalue weighted by molar-refractivity contribution is -0.153. The summed E-state index contributed by atoms with van der Waals surface area (Å²) in [6.07, 6.45) is -4.33. The Balaban J connectivity index is 0.00000484. The van der Waals surface area contributed by atoms with Crippen LogP contribution in [0.15, 0.2) is 29.3 Å². The molecule has 0 heterocycles. The fourth-order valence-electron chi connectivity index (χ4n) is 1.62. The van der Waals surface area contributed by atoms with Crippen LogP contribution in [-0.2, 0) is 6.54 Å². The molecule has 132 valence electrons. The number of hydrogen-bond donors (Lipinski definition) is 2. The molecule has 0 amide bonds. The predicted molar refractivity (Wildman–Crippen MR) is 96.5 cm³/mol. The third-order valence-corrected chi connectivity index (χ3v) is 2.52. The summed E-state index contributed by atoms with van der Waals surface area (Å²) in [6.45, 7) is 5.90. The Labute approximate surface area is 151 Å². The van der Waals surface area contributed by atoms with E-state index in [2.05, 4.69) is 20.4 Å². The molecule has 0 unspecified atom stereocenters. The van der Waals surface area contributed by atoms with Gasteiger partial charge in [0.1, 0.15) is 5.75 Å². The molecule has 0 saturated carbocycles. The van der Waals surface area contributed by atoms with Gasteiger partial charge in [-0.15, -0.1) is 24.0 Å². The average molecular weight is 445 g/mol. The normalized spacial score (nSPS) is 11.9. The lowest BCUT2D eigenvalue weighted by atomic mass is 10.2. The van der Waals surface area contributed by atoms with Crippen molar-refractivity contribution in [1.29, 1.82) is 0 Å². The summed E-state index contributed by atoms with van der Waals surface area (Å²) < 4.78 is 40.8. The molecule has 2 N–H and O–H groups in total. The van der Waals surface area contributed by atoms with Crippen molar-refractivity contribution in [1.82, 2.24) is 10.6 Å². The molecule has 8 heteroatoms. The van der Waals surface area contributed by atoms with Gasteiger partial charge in [-0.05, 0) is 38.5 Å². The van der Waals surface area contributed by atoms with E-state index in [-0.39, 0.29) is 35.8 Å². The minimum Gasteiger partial charge on any atom is -0.484 e. The number of benzene rings is 1. The summed E-state index contributed by atoms with van der Waals surface area (Å²) in [4.78, 5) is 4.41. The molecule has 0 bridgehead atoms. The number of halogens is 4. The van der Waals surface area contributed by atoms with Crippen molar-refractivity contribution in [3.8, 4) is 5.75 Å². The molecule has 4 nitrogen and oxygen atoms in total. The highest BCUT2D eigenvalue weighted by atomic mass is 127. The van der Waals surface area contributed by atoms with Crippen molar-refractivity contribution in [2.75, 3.05) is 13.2 Å². The van der Waals surface area contributed by atoms with E-state index >= 15 is 0 Å². The monoisotopic (exact) mass is 445 g/mol. The van der Waals surface area contributed by atoms with Crippen LogP contribution in [-0.4, -0.2) is 31.3 Å². The maximum atomic E-state index is 12.1. The molecule has 0 aliphatic carbocycles.